The third kappa shape index (κ3) is 5.74. The van der Waals surface area contributed by atoms with Gasteiger partial charge in [-0.05, 0) is 26.4 Å². The maximum absolute atomic E-state index is 9.28. The Bertz CT molecular complexity index is 130. The lowest BCUT2D eigenvalue weighted by molar-refractivity contribution is -0.110. The molecule has 0 aromatic rings. The molecule has 0 spiro atoms. The predicted octanol–water partition coefficient (Wildman–Crippen LogP) is -0.0954. The van der Waals surface area contributed by atoms with Gasteiger partial charge >= 0.3 is 0 Å². The molecule has 1 saturated heterocycles. The van der Waals surface area contributed by atoms with Crippen LogP contribution < -0.4 is 0 Å². The fourth-order valence-corrected chi connectivity index (χ4v) is 1.28. The smallest absolute Gasteiger partial charge is 0.145 e. The maximum atomic E-state index is 9.28. The summed E-state index contributed by atoms with van der Waals surface area (Å²) in [5, 5.41) is 8.69. The molecular weight excluding hydrogens is 170 g/mol. The van der Waals surface area contributed by atoms with Crippen molar-refractivity contribution < 1.29 is 14.6 Å². The second-order valence-electron chi connectivity index (χ2n) is 3.08. The van der Waals surface area contributed by atoms with Gasteiger partial charge in [0.05, 0.1) is 6.61 Å². The van der Waals surface area contributed by atoms with E-state index in [4.69, 9.17) is 5.11 Å². The largest absolute Gasteiger partial charge is 0.395 e. The first-order valence-electron chi connectivity index (χ1n) is 4.50. The molecule has 78 valence electrons. The van der Waals surface area contributed by atoms with Crippen LogP contribution in [0.4, 0.5) is 0 Å². The Labute approximate surface area is 79.5 Å². The van der Waals surface area contributed by atoms with E-state index < -0.39 is 0 Å². The summed E-state index contributed by atoms with van der Waals surface area (Å²) in [6.07, 6.45) is 3.13. The van der Waals surface area contributed by atoms with Gasteiger partial charge in [-0.2, -0.15) is 0 Å². The molecule has 0 aromatic heterocycles. The van der Waals surface area contributed by atoms with Crippen LogP contribution in [0.3, 0.4) is 0 Å². The molecule has 1 atom stereocenters. The highest BCUT2D eigenvalue weighted by Gasteiger charge is 2.18. The molecule has 1 unspecified atom stereocenters. The van der Waals surface area contributed by atoms with Crippen molar-refractivity contribution in [3.05, 3.63) is 0 Å². The Balaban J connectivity index is 0.000000252. The maximum Gasteiger partial charge on any atom is 0.145 e. The number of likely N-dealkylation sites (N-methyl/N-ethyl adjacent to an activating group) is 1. The molecule has 0 radical (unpaired) electrons. The molecule has 0 saturated carbocycles. The Hall–Kier alpha value is -0.450. The van der Waals surface area contributed by atoms with Gasteiger partial charge in [0.2, 0.25) is 0 Å². The van der Waals surface area contributed by atoms with Crippen LogP contribution >= 0.6 is 0 Å². The van der Waals surface area contributed by atoms with Crippen LogP contribution in [0.15, 0.2) is 0 Å². The lowest BCUT2D eigenvalue weighted by atomic mass is 10.2. The molecule has 1 fully saturated rings. The molecule has 0 aromatic carbocycles. The van der Waals surface area contributed by atoms with Crippen molar-refractivity contribution in [1.29, 1.82) is 0 Å². The van der Waals surface area contributed by atoms with Gasteiger partial charge in [-0.25, -0.2) is 0 Å². The van der Waals surface area contributed by atoms with E-state index in [9.17, 15) is 4.79 Å². The van der Waals surface area contributed by atoms with Crippen molar-refractivity contribution in [1.82, 2.24) is 4.90 Å². The number of hydrogen-bond acceptors (Lipinski definition) is 4. The number of hydrogen-bond donors (Lipinski definition) is 1. The van der Waals surface area contributed by atoms with Crippen LogP contribution in [0.5, 0.6) is 0 Å². The highest BCUT2D eigenvalue weighted by atomic mass is 16.5. The zero-order valence-corrected chi connectivity index (χ0v) is 8.40. The van der Waals surface area contributed by atoms with Gasteiger partial charge in [-0.15, -0.1) is 0 Å². The predicted molar refractivity (Wildman–Crippen MR) is 50.7 cm³/mol. The summed E-state index contributed by atoms with van der Waals surface area (Å²) in [5.74, 6) is 0. The van der Waals surface area contributed by atoms with Gasteiger partial charge in [0.15, 0.2) is 0 Å². The molecule has 0 bridgehead atoms. The lowest BCUT2D eigenvalue weighted by Crippen LogP contribution is -2.27. The van der Waals surface area contributed by atoms with E-state index in [2.05, 4.69) is 16.7 Å². The second-order valence-corrected chi connectivity index (χ2v) is 3.08. The average molecular weight is 189 g/mol. The fraction of sp³-hybridized carbons (Fsp3) is 0.889. The van der Waals surface area contributed by atoms with E-state index in [0.29, 0.717) is 18.9 Å². The van der Waals surface area contributed by atoms with E-state index in [1.807, 2.05) is 0 Å². The third-order valence-corrected chi connectivity index (χ3v) is 2.12. The second kappa shape index (κ2) is 8.16. The number of carbonyl (C=O) groups excluding carboxylic acids is 1. The number of likely N-dealkylation sites (tertiary alicyclic amines) is 1. The average Bonchev–Trinajstić information content (AvgIpc) is 2.53. The van der Waals surface area contributed by atoms with E-state index >= 15 is 0 Å². The summed E-state index contributed by atoms with van der Waals surface area (Å²) in [5.41, 5.74) is 0. The van der Waals surface area contributed by atoms with Crippen molar-refractivity contribution in [3.8, 4) is 0 Å². The van der Waals surface area contributed by atoms with Crippen LogP contribution in [0.2, 0.25) is 0 Å². The van der Waals surface area contributed by atoms with Gasteiger partial charge in [0.1, 0.15) is 12.9 Å². The van der Waals surface area contributed by atoms with Gasteiger partial charge in [0, 0.05) is 13.2 Å². The Morgan fingerprint density at radius 1 is 1.69 bits per heavy atom. The summed E-state index contributed by atoms with van der Waals surface area (Å²) in [6, 6.07) is 0.454. The number of aldehydes is 1. The summed E-state index contributed by atoms with van der Waals surface area (Å²) >= 11 is 0. The van der Waals surface area contributed by atoms with E-state index in [0.717, 1.165) is 6.54 Å². The Morgan fingerprint density at radius 2 is 2.38 bits per heavy atom. The van der Waals surface area contributed by atoms with Crippen LogP contribution in [0, 0.1) is 0 Å². The van der Waals surface area contributed by atoms with Crippen molar-refractivity contribution in [2.24, 2.45) is 0 Å². The van der Waals surface area contributed by atoms with Gasteiger partial charge in [-0.1, -0.05) is 0 Å². The van der Waals surface area contributed by atoms with Crippen molar-refractivity contribution >= 4 is 6.29 Å². The number of nitrogens with zero attached hydrogens (tertiary/aromatic N) is 1. The zero-order chi connectivity index (χ0) is 10.1. The molecular formula is C9H19NO3. The Morgan fingerprint density at radius 3 is 2.54 bits per heavy atom. The van der Waals surface area contributed by atoms with Gasteiger partial charge in [0.25, 0.3) is 0 Å². The molecule has 0 aliphatic carbocycles. The van der Waals surface area contributed by atoms with Crippen LogP contribution in [-0.4, -0.2) is 56.3 Å². The van der Waals surface area contributed by atoms with Crippen LogP contribution in [-0.2, 0) is 9.53 Å². The monoisotopic (exact) mass is 189 g/mol. The number of rotatable bonds is 3. The summed E-state index contributed by atoms with van der Waals surface area (Å²) in [6.45, 7) is 1.70. The normalized spacial score (nSPS) is 22.2. The van der Waals surface area contributed by atoms with Crippen molar-refractivity contribution in [3.63, 3.8) is 0 Å². The molecule has 1 aliphatic rings. The van der Waals surface area contributed by atoms with E-state index in [1.165, 1.54) is 20.0 Å². The first-order valence-corrected chi connectivity index (χ1v) is 4.50. The number of carbonyl (C=O) groups is 1. The lowest BCUT2D eigenvalue weighted by Gasteiger charge is -2.15. The minimum atomic E-state index is 0.208. The summed E-state index contributed by atoms with van der Waals surface area (Å²) in [7, 11) is 3.54. The molecule has 13 heavy (non-hydrogen) atoms. The quantitative estimate of drug-likeness (QED) is 0.630. The number of methoxy groups -OCH3 is 1. The number of aliphatic hydroxyl groups excluding tert-OH is 1. The van der Waals surface area contributed by atoms with Gasteiger partial charge < -0.3 is 19.5 Å². The van der Waals surface area contributed by atoms with E-state index in [1.54, 1.807) is 0 Å². The number of aliphatic hydroxyl groups is 1. The summed E-state index contributed by atoms with van der Waals surface area (Å²) in [4.78, 5) is 11.5. The zero-order valence-electron chi connectivity index (χ0n) is 8.40. The van der Waals surface area contributed by atoms with Crippen molar-refractivity contribution in [2.75, 3.05) is 33.9 Å². The molecule has 4 heteroatoms. The summed E-state index contributed by atoms with van der Waals surface area (Å²) < 4.78 is 4.32. The highest BCUT2D eigenvalue weighted by molar-refractivity contribution is 5.50. The standard InChI is InChI=1S/C6H13NO.C3H6O2/c1-7-4-2-3-6(7)5-8;1-5-3-2-4/h6,8H,2-5H2,1H3;2H,3H2,1H3. The first-order chi connectivity index (χ1) is 6.26. The van der Waals surface area contributed by atoms with Crippen molar-refractivity contribution in [2.45, 2.75) is 18.9 Å². The molecule has 1 aliphatic heterocycles. The topological polar surface area (TPSA) is 49.8 Å². The minimum Gasteiger partial charge on any atom is -0.395 e. The van der Waals surface area contributed by atoms with E-state index in [-0.39, 0.29) is 6.61 Å². The van der Waals surface area contributed by atoms with Crippen LogP contribution in [0.1, 0.15) is 12.8 Å². The fourth-order valence-electron chi connectivity index (χ4n) is 1.28. The molecule has 0 amide bonds. The Kier molecular flexibility index (Phi) is 7.88. The SMILES string of the molecule is CN1CCCC1CO.COCC=O. The number of ether oxygens (including phenoxy) is 1. The minimum absolute atomic E-state index is 0.208. The molecule has 4 nitrogen and oxygen atoms in total. The van der Waals surface area contributed by atoms with Crippen LogP contribution in [0.25, 0.3) is 0 Å². The first kappa shape index (κ1) is 12.6. The van der Waals surface area contributed by atoms with Gasteiger partial charge in [-0.3, -0.25) is 0 Å². The highest BCUT2D eigenvalue weighted by Crippen LogP contribution is 2.12. The third-order valence-electron chi connectivity index (χ3n) is 2.12. The molecule has 1 heterocycles. The molecule has 1 rings (SSSR count). The molecule has 1 N–H and O–H groups in total.